The maximum absolute atomic E-state index is 5.61. The normalized spacial score (nSPS) is 19.5. The number of likely N-dealkylation sites (tertiary alicyclic amines) is 1. The van der Waals surface area contributed by atoms with Crippen LogP contribution in [-0.4, -0.2) is 44.7 Å². The van der Waals surface area contributed by atoms with Gasteiger partial charge in [0, 0.05) is 6.54 Å². The van der Waals surface area contributed by atoms with E-state index in [4.69, 9.17) is 5.73 Å². The van der Waals surface area contributed by atoms with E-state index in [-0.39, 0.29) is 0 Å². The van der Waals surface area contributed by atoms with Gasteiger partial charge in [0.15, 0.2) is 0 Å². The quantitative estimate of drug-likeness (QED) is 0.756. The Bertz CT molecular complexity index is 303. The van der Waals surface area contributed by atoms with Crippen molar-refractivity contribution in [3.8, 4) is 0 Å². The fourth-order valence-corrected chi connectivity index (χ4v) is 2.10. The number of rotatable bonds is 4. The van der Waals surface area contributed by atoms with E-state index >= 15 is 0 Å². The topological polar surface area (TPSA) is 72.9 Å². The Hall–Kier alpha value is -1.17. The first-order chi connectivity index (χ1) is 7.25. The third kappa shape index (κ3) is 2.65. The van der Waals surface area contributed by atoms with Crippen molar-refractivity contribution in [2.75, 3.05) is 25.4 Å². The van der Waals surface area contributed by atoms with Crippen molar-refractivity contribution < 1.29 is 0 Å². The molecule has 0 amide bonds. The molecule has 1 aromatic heterocycles. The molecule has 1 fully saturated rings. The van der Waals surface area contributed by atoms with Crippen molar-refractivity contribution in [1.82, 2.24) is 25.1 Å². The molecular formula is C9H18N6. The van der Waals surface area contributed by atoms with Crippen molar-refractivity contribution in [3.05, 3.63) is 0 Å². The molecule has 1 aliphatic rings. The van der Waals surface area contributed by atoms with E-state index in [2.05, 4.69) is 27.3 Å². The molecule has 1 saturated heterocycles. The van der Waals surface area contributed by atoms with Gasteiger partial charge in [-0.1, -0.05) is 12.0 Å². The van der Waals surface area contributed by atoms with E-state index in [1.54, 1.807) is 4.68 Å². The van der Waals surface area contributed by atoms with Crippen LogP contribution < -0.4 is 5.73 Å². The van der Waals surface area contributed by atoms with Crippen LogP contribution in [0.15, 0.2) is 0 Å². The minimum absolute atomic E-state index is 0.406. The standard InChI is InChI=1S/C9H18N6/c1-8(6-14-4-2-3-5-14)7-15-9(10)11-12-13-15/h8H,2-7H2,1H3,(H2,10,11,13). The number of anilines is 1. The average Bonchev–Trinajstić information content (AvgIpc) is 2.79. The first-order valence-corrected chi connectivity index (χ1v) is 5.49. The third-order valence-corrected chi connectivity index (χ3v) is 2.81. The summed E-state index contributed by atoms with van der Waals surface area (Å²) >= 11 is 0. The van der Waals surface area contributed by atoms with E-state index in [0.717, 1.165) is 13.1 Å². The molecule has 0 saturated carbocycles. The summed E-state index contributed by atoms with van der Waals surface area (Å²) in [4.78, 5) is 2.49. The fourth-order valence-electron chi connectivity index (χ4n) is 2.10. The second-order valence-corrected chi connectivity index (χ2v) is 4.33. The molecule has 1 aromatic rings. The van der Waals surface area contributed by atoms with Crippen molar-refractivity contribution in [1.29, 1.82) is 0 Å². The van der Waals surface area contributed by atoms with Gasteiger partial charge in [0.25, 0.3) is 0 Å². The second-order valence-electron chi connectivity index (χ2n) is 4.33. The summed E-state index contributed by atoms with van der Waals surface area (Å²) in [6.45, 7) is 6.58. The number of nitrogens with two attached hydrogens (primary N) is 1. The number of hydrogen-bond acceptors (Lipinski definition) is 5. The predicted molar refractivity (Wildman–Crippen MR) is 57.1 cm³/mol. The summed E-state index contributed by atoms with van der Waals surface area (Å²) in [5.41, 5.74) is 5.61. The van der Waals surface area contributed by atoms with Crippen molar-refractivity contribution in [2.24, 2.45) is 5.92 Å². The maximum atomic E-state index is 5.61. The molecule has 1 atom stereocenters. The lowest BCUT2D eigenvalue weighted by molar-refractivity contribution is 0.266. The van der Waals surface area contributed by atoms with Crippen molar-refractivity contribution >= 4 is 5.95 Å². The van der Waals surface area contributed by atoms with Gasteiger partial charge in [0.2, 0.25) is 5.95 Å². The zero-order valence-electron chi connectivity index (χ0n) is 9.13. The number of aromatic nitrogens is 4. The SMILES string of the molecule is CC(CN1CCCC1)Cn1nnnc1N. The Balaban J connectivity index is 1.81. The molecule has 2 N–H and O–H groups in total. The van der Waals surface area contributed by atoms with Crippen LogP contribution in [0, 0.1) is 5.92 Å². The zero-order valence-corrected chi connectivity index (χ0v) is 9.13. The molecule has 0 spiro atoms. The van der Waals surface area contributed by atoms with Gasteiger partial charge >= 0.3 is 0 Å². The molecular weight excluding hydrogens is 192 g/mol. The fraction of sp³-hybridized carbons (Fsp3) is 0.889. The van der Waals surface area contributed by atoms with Crippen LogP contribution in [0.2, 0.25) is 0 Å². The highest BCUT2D eigenvalue weighted by Gasteiger charge is 2.15. The minimum Gasteiger partial charge on any atom is -0.367 e. The summed E-state index contributed by atoms with van der Waals surface area (Å²) < 4.78 is 1.67. The van der Waals surface area contributed by atoms with Crippen LogP contribution in [0.5, 0.6) is 0 Å². The van der Waals surface area contributed by atoms with Crippen molar-refractivity contribution in [3.63, 3.8) is 0 Å². The van der Waals surface area contributed by atoms with E-state index in [1.807, 2.05) is 0 Å². The Morgan fingerprint density at radius 1 is 1.33 bits per heavy atom. The van der Waals surface area contributed by atoms with E-state index in [0.29, 0.717) is 11.9 Å². The molecule has 0 bridgehead atoms. The molecule has 2 rings (SSSR count). The lowest BCUT2D eigenvalue weighted by Gasteiger charge is -2.19. The highest BCUT2D eigenvalue weighted by Crippen LogP contribution is 2.11. The van der Waals surface area contributed by atoms with Gasteiger partial charge in [-0.15, -0.1) is 0 Å². The van der Waals surface area contributed by atoms with Gasteiger partial charge in [-0.25, -0.2) is 4.68 Å². The number of hydrogen-bond donors (Lipinski definition) is 1. The maximum Gasteiger partial charge on any atom is 0.240 e. The number of tetrazole rings is 1. The molecule has 1 aliphatic heterocycles. The smallest absolute Gasteiger partial charge is 0.240 e. The summed E-state index contributed by atoms with van der Waals surface area (Å²) in [5, 5.41) is 11.0. The lowest BCUT2D eigenvalue weighted by Crippen LogP contribution is -2.28. The van der Waals surface area contributed by atoms with E-state index < -0.39 is 0 Å². The monoisotopic (exact) mass is 210 g/mol. The van der Waals surface area contributed by atoms with Crippen LogP contribution in [0.4, 0.5) is 5.95 Å². The Kier molecular flexibility index (Phi) is 3.15. The molecule has 6 nitrogen and oxygen atoms in total. The van der Waals surface area contributed by atoms with Crippen LogP contribution in [-0.2, 0) is 6.54 Å². The summed E-state index contributed by atoms with van der Waals surface area (Å²) in [6, 6.07) is 0. The molecule has 0 aliphatic carbocycles. The van der Waals surface area contributed by atoms with Crippen LogP contribution >= 0.6 is 0 Å². The minimum atomic E-state index is 0.406. The zero-order chi connectivity index (χ0) is 10.7. The predicted octanol–water partition coefficient (Wildman–Crippen LogP) is -0.0128. The van der Waals surface area contributed by atoms with Crippen LogP contribution in [0.1, 0.15) is 19.8 Å². The van der Waals surface area contributed by atoms with Gasteiger partial charge < -0.3 is 10.6 Å². The van der Waals surface area contributed by atoms with E-state index in [1.165, 1.54) is 25.9 Å². The molecule has 0 radical (unpaired) electrons. The molecule has 6 heteroatoms. The number of nitrogen functional groups attached to an aromatic ring is 1. The van der Waals surface area contributed by atoms with Gasteiger partial charge in [0.05, 0.1) is 6.54 Å². The Morgan fingerprint density at radius 3 is 2.67 bits per heavy atom. The summed E-state index contributed by atoms with van der Waals surface area (Å²) in [5.74, 6) is 0.942. The molecule has 84 valence electrons. The highest BCUT2D eigenvalue weighted by atomic mass is 15.6. The van der Waals surface area contributed by atoms with E-state index in [9.17, 15) is 0 Å². The van der Waals surface area contributed by atoms with Gasteiger partial charge in [-0.3, -0.25) is 0 Å². The molecule has 1 unspecified atom stereocenters. The Labute approximate surface area is 89.4 Å². The molecule has 0 aromatic carbocycles. The number of nitrogens with zero attached hydrogens (tertiary/aromatic N) is 5. The first-order valence-electron chi connectivity index (χ1n) is 5.49. The largest absolute Gasteiger partial charge is 0.367 e. The highest BCUT2D eigenvalue weighted by molar-refractivity contribution is 5.09. The average molecular weight is 210 g/mol. The van der Waals surface area contributed by atoms with Gasteiger partial charge in [-0.2, -0.15) is 0 Å². The van der Waals surface area contributed by atoms with Crippen molar-refractivity contribution in [2.45, 2.75) is 26.3 Å². The third-order valence-electron chi connectivity index (χ3n) is 2.81. The first kappa shape index (κ1) is 10.4. The van der Waals surface area contributed by atoms with Gasteiger partial charge in [0.1, 0.15) is 0 Å². The van der Waals surface area contributed by atoms with Gasteiger partial charge in [-0.05, 0) is 42.3 Å². The summed E-state index contributed by atoms with van der Waals surface area (Å²) in [6.07, 6.45) is 2.67. The molecule has 2 heterocycles. The molecule has 15 heavy (non-hydrogen) atoms. The lowest BCUT2D eigenvalue weighted by atomic mass is 10.1. The van der Waals surface area contributed by atoms with Crippen LogP contribution in [0.25, 0.3) is 0 Å². The second kappa shape index (κ2) is 4.57. The Morgan fingerprint density at radius 2 is 2.07 bits per heavy atom. The summed E-state index contributed by atoms with van der Waals surface area (Å²) in [7, 11) is 0. The van der Waals surface area contributed by atoms with Crippen LogP contribution in [0.3, 0.4) is 0 Å².